The second-order valence-corrected chi connectivity index (χ2v) is 7.38. The molecule has 3 heterocycles. The van der Waals surface area contributed by atoms with Gasteiger partial charge < -0.3 is 4.90 Å². The quantitative estimate of drug-likeness (QED) is 0.860. The number of nitrogens with zero attached hydrogens (tertiary/aromatic N) is 5. The molecule has 0 bridgehead atoms. The fourth-order valence-electron chi connectivity index (χ4n) is 2.67. The van der Waals surface area contributed by atoms with Crippen LogP contribution in [-0.4, -0.2) is 29.0 Å². The molecule has 2 aliphatic rings. The van der Waals surface area contributed by atoms with Crippen LogP contribution in [0.5, 0.6) is 0 Å². The Morgan fingerprint density at radius 1 is 1.18 bits per heavy atom. The van der Waals surface area contributed by atoms with Crippen molar-refractivity contribution in [2.45, 2.75) is 23.9 Å². The summed E-state index contributed by atoms with van der Waals surface area (Å²) in [7, 11) is 4.13. The topological polar surface area (TPSA) is 37.2 Å². The minimum Gasteiger partial charge on any atom is -0.378 e. The summed E-state index contributed by atoms with van der Waals surface area (Å²) in [6, 6.07) is 8.76. The highest BCUT2D eigenvalue weighted by molar-refractivity contribution is 8.07. The first kappa shape index (κ1) is 14.0. The number of thioether (sulfide) groups is 2. The molecule has 1 atom stereocenters. The van der Waals surface area contributed by atoms with E-state index >= 15 is 0 Å². The molecule has 0 saturated carbocycles. The molecule has 7 heteroatoms. The van der Waals surface area contributed by atoms with Crippen molar-refractivity contribution in [2.75, 3.05) is 24.0 Å². The van der Waals surface area contributed by atoms with E-state index in [1.807, 2.05) is 11.8 Å². The minimum atomic E-state index is 0.251. The molecule has 0 amide bonds. The highest BCUT2D eigenvalue weighted by atomic mass is 32.2. The van der Waals surface area contributed by atoms with Gasteiger partial charge in [0.1, 0.15) is 10.4 Å². The van der Waals surface area contributed by atoms with Crippen molar-refractivity contribution in [3.05, 3.63) is 46.1 Å². The van der Waals surface area contributed by atoms with Gasteiger partial charge in [0.15, 0.2) is 5.82 Å². The van der Waals surface area contributed by atoms with Crippen molar-refractivity contribution in [3.8, 4) is 0 Å². The van der Waals surface area contributed by atoms with Crippen molar-refractivity contribution in [1.29, 1.82) is 0 Å². The van der Waals surface area contributed by atoms with Crippen LogP contribution in [0.1, 0.15) is 23.7 Å². The summed E-state index contributed by atoms with van der Waals surface area (Å²) in [6.45, 7) is 2.12. The van der Waals surface area contributed by atoms with Crippen molar-refractivity contribution >= 4 is 29.2 Å². The smallest absolute Gasteiger partial charge is 0.216 e. The Bertz CT molecular complexity index is 735. The summed E-state index contributed by atoms with van der Waals surface area (Å²) in [5, 5.41) is 15.6. The average Bonchev–Trinajstić information content (AvgIpc) is 3.17. The lowest BCUT2D eigenvalue weighted by Gasteiger charge is -2.26. The Kier molecular flexibility index (Phi) is 3.34. The van der Waals surface area contributed by atoms with Crippen molar-refractivity contribution in [3.63, 3.8) is 0 Å². The summed E-state index contributed by atoms with van der Waals surface area (Å²) in [5.74, 6) is 1.02. The van der Waals surface area contributed by atoms with Crippen molar-refractivity contribution in [1.82, 2.24) is 14.9 Å². The zero-order valence-electron chi connectivity index (χ0n) is 12.7. The number of aryl methyl sites for hydroxylation is 1. The van der Waals surface area contributed by atoms with Crippen LogP contribution in [0.3, 0.4) is 0 Å². The number of benzene rings is 1. The van der Waals surface area contributed by atoms with Crippen LogP contribution in [0.2, 0.25) is 0 Å². The van der Waals surface area contributed by atoms with E-state index < -0.39 is 0 Å². The van der Waals surface area contributed by atoms with E-state index in [4.69, 9.17) is 0 Å². The third-order valence-corrected chi connectivity index (χ3v) is 6.03. The van der Waals surface area contributed by atoms with E-state index in [-0.39, 0.29) is 5.37 Å². The van der Waals surface area contributed by atoms with Crippen LogP contribution < -0.4 is 9.91 Å². The first-order valence-corrected chi connectivity index (χ1v) is 8.99. The van der Waals surface area contributed by atoms with Crippen LogP contribution in [0, 0.1) is 0 Å². The third kappa shape index (κ3) is 2.03. The van der Waals surface area contributed by atoms with Gasteiger partial charge in [0.25, 0.3) is 0 Å². The Hall–Kier alpha value is -1.60. The van der Waals surface area contributed by atoms with Crippen LogP contribution >= 0.6 is 23.5 Å². The molecule has 2 aromatic rings. The molecule has 0 aliphatic carbocycles. The molecule has 1 aromatic heterocycles. The van der Waals surface area contributed by atoms with Crippen LogP contribution in [0.15, 0.2) is 39.9 Å². The molecule has 1 aromatic carbocycles. The molecule has 22 heavy (non-hydrogen) atoms. The summed E-state index contributed by atoms with van der Waals surface area (Å²) >= 11 is 3.54. The lowest BCUT2D eigenvalue weighted by atomic mass is 10.2. The summed E-state index contributed by atoms with van der Waals surface area (Å²) < 4.78 is 2.17. The van der Waals surface area contributed by atoms with Gasteiger partial charge in [0.2, 0.25) is 5.16 Å². The van der Waals surface area contributed by atoms with E-state index in [1.165, 1.54) is 16.3 Å². The summed E-state index contributed by atoms with van der Waals surface area (Å²) in [4.78, 5) is 2.12. The van der Waals surface area contributed by atoms with Crippen LogP contribution in [0.4, 0.5) is 5.69 Å². The molecule has 0 spiro atoms. The van der Waals surface area contributed by atoms with Gasteiger partial charge in [-0.2, -0.15) is 0 Å². The van der Waals surface area contributed by atoms with Crippen LogP contribution in [-0.2, 0) is 6.42 Å². The predicted octanol–water partition coefficient (Wildman–Crippen LogP) is 3.19. The predicted molar refractivity (Wildman–Crippen MR) is 92.7 cm³/mol. The molecular formula is C15H17N5S2. The molecule has 0 radical (unpaired) electrons. The Morgan fingerprint density at radius 3 is 2.64 bits per heavy atom. The number of anilines is 1. The number of fused-ring (bicyclic) bond motifs is 3. The van der Waals surface area contributed by atoms with E-state index in [0.717, 1.165) is 17.4 Å². The summed E-state index contributed by atoms with van der Waals surface area (Å²) in [6.07, 6.45) is 0.883. The van der Waals surface area contributed by atoms with Gasteiger partial charge in [-0.25, -0.2) is 4.68 Å². The van der Waals surface area contributed by atoms with Gasteiger partial charge in [-0.15, -0.1) is 10.2 Å². The van der Waals surface area contributed by atoms with E-state index in [1.54, 1.807) is 11.8 Å². The van der Waals surface area contributed by atoms with Gasteiger partial charge in [0.05, 0.1) is 0 Å². The Labute approximate surface area is 138 Å². The maximum Gasteiger partial charge on any atom is 0.216 e. The van der Waals surface area contributed by atoms with Crippen molar-refractivity contribution in [2.24, 2.45) is 0 Å². The number of rotatable bonds is 3. The van der Waals surface area contributed by atoms with Gasteiger partial charge in [-0.3, -0.25) is 5.01 Å². The zero-order chi connectivity index (χ0) is 15.3. The largest absolute Gasteiger partial charge is 0.378 e. The molecule has 114 valence electrons. The molecule has 4 rings (SSSR count). The number of aromatic nitrogens is 3. The standard InChI is InChI=1S/C15H17N5S2/c1-4-12-16-17-15-19(12)20-13(22-15)9-21-14(20)10-5-7-11(8-6-10)18(2)3/h5-9,14H,4H2,1-3H3. The van der Waals surface area contributed by atoms with Crippen molar-refractivity contribution < 1.29 is 0 Å². The maximum atomic E-state index is 4.29. The second kappa shape index (κ2) is 5.24. The third-order valence-electron chi connectivity index (χ3n) is 3.84. The molecule has 5 nitrogen and oxygen atoms in total. The lowest BCUT2D eigenvalue weighted by Crippen LogP contribution is -2.30. The Morgan fingerprint density at radius 2 is 1.95 bits per heavy atom. The maximum absolute atomic E-state index is 4.29. The first-order valence-electron chi connectivity index (χ1n) is 7.23. The molecule has 1 unspecified atom stereocenters. The highest BCUT2D eigenvalue weighted by Crippen LogP contribution is 2.51. The molecule has 2 aliphatic heterocycles. The second-order valence-electron chi connectivity index (χ2n) is 5.44. The average molecular weight is 331 g/mol. The SMILES string of the molecule is CCc1nnc2n1N1C(=CSC1c1ccc(N(C)C)cc1)S2. The summed E-state index contributed by atoms with van der Waals surface area (Å²) in [5.41, 5.74) is 2.51. The number of hydrogen-bond acceptors (Lipinski definition) is 6. The Balaban J connectivity index is 1.70. The molecular weight excluding hydrogens is 314 g/mol. The highest BCUT2D eigenvalue weighted by Gasteiger charge is 2.39. The van der Waals surface area contributed by atoms with E-state index in [0.29, 0.717) is 0 Å². The fraction of sp³-hybridized carbons (Fsp3) is 0.333. The molecule has 0 N–H and O–H groups in total. The number of hydrogen-bond donors (Lipinski definition) is 0. The fourth-order valence-corrected chi connectivity index (χ4v) is 4.92. The lowest BCUT2D eigenvalue weighted by molar-refractivity contribution is 0.607. The molecule has 0 saturated heterocycles. The minimum absolute atomic E-state index is 0.251. The van der Waals surface area contributed by atoms with Gasteiger partial charge in [-0.05, 0) is 29.5 Å². The van der Waals surface area contributed by atoms with Crippen LogP contribution in [0.25, 0.3) is 0 Å². The molecule has 0 fully saturated rings. The monoisotopic (exact) mass is 331 g/mol. The van der Waals surface area contributed by atoms with Gasteiger partial charge in [-0.1, -0.05) is 30.8 Å². The van der Waals surface area contributed by atoms with E-state index in [2.05, 4.69) is 75.5 Å². The normalized spacial score (nSPS) is 19.1. The first-order chi connectivity index (χ1) is 10.7. The van der Waals surface area contributed by atoms with E-state index in [9.17, 15) is 0 Å². The van der Waals surface area contributed by atoms with Gasteiger partial charge in [0, 0.05) is 31.6 Å². The van der Waals surface area contributed by atoms with Gasteiger partial charge >= 0.3 is 0 Å². The zero-order valence-corrected chi connectivity index (χ0v) is 14.4.